The first-order valence-corrected chi connectivity index (χ1v) is 5.26. The second kappa shape index (κ2) is 5.21. The van der Waals surface area contributed by atoms with Crippen LogP contribution in [0.4, 0.5) is 0 Å². The van der Waals surface area contributed by atoms with Crippen molar-refractivity contribution in [2.24, 2.45) is 23.0 Å². The van der Waals surface area contributed by atoms with Gasteiger partial charge in [-0.2, -0.15) is 0 Å². The third-order valence-corrected chi connectivity index (χ3v) is 3.32. The van der Waals surface area contributed by atoms with E-state index in [2.05, 4.69) is 20.8 Å². The monoisotopic (exact) mass is 205 g/mol. The van der Waals surface area contributed by atoms with Gasteiger partial charge in [0.1, 0.15) is 0 Å². The maximum absolute atomic E-state index is 5.79. The van der Waals surface area contributed by atoms with E-state index in [0.717, 1.165) is 18.4 Å². The summed E-state index contributed by atoms with van der Waals surface area (Å²) in [6.07, 6.45) is 5.57. The van der Waals surface area contributed by atoms with Gasteiger partial charge in [-0.05, 0) is 36.6 Å². The van der Waals surface area contributed by atoms with Crippen molar-refractivity contribution in [2.45, 2.75) is 46.5 Å². The third kappa shape index (κ3) is 3.47. The van der Waals surface area contributed by atoms with Gasteiger partial charge in [-0.15, -0.1) is 12.4 Å². The average Bonchev–Trinajstić information content (AvgIpc) is 2.03. The molecule has 1 fully saturated rings. The Hall–Kier alpha value is 0.250. The minimum absolute atomic E-state index is 0. The van der Waals surface area contributed by atoms with Crippen LogP contribution in [0.25, 0.3) is 0 Å². The van der Waals surface area contributed by atoms with E-state index in [-0.39, 0.29) is 12.4 Å². The van der Waals surface area contributed by atoms with Gasteiger partial charge in [0, 0.05) is 0 Å². The largest absolute Gasteiger partial charge is 0.330 e. The molecule has 0 aromatic rings. The van der Waals surface area contributed by atoms with Gasteiger partial charge in [-0.3, -0.25) is 0 Å². The summed E-state index contributed by atoms with van der Waals surface area (Å²) in [5, 5.41) is 0. The van der Waals surface area contributed by atoms with E-state index in [1.807, 2.05) is 0 Å². The molecule has 0 radical (unpaired) electrons. The molecule has 1 rings (SSSR count). The Balaban J connectivity index is 0.00000144. The summed E-state index contributed by atoms with van der Waals surface area (Å²) in [6.45, 7) is 7.95. The van der Waals surface area contributed by atoms with Gasteiger partial charge in [-0.25, -0.2) is 0 Å². The lowest BCUT2D eigenvalue weighted by molar-refractivity contribution is 0.112. The van der Waals surface area contributed by atoms with E-state index in [9.17, 15) is 0 Å². The molecule has 1 aliphatic rings. The summed E-state index contributed by atoms with van der Waals surface area (Å²) in [4.78, 5) is 0. The normalized spacial score (nSPS) is 29.5. The molecule has 0 aliphatic heterocycles. The van der Waals surface area contributed by atoms with Crippen LogP contribution < -0.4 is 5.73 Å². The zero-order valence-electron chi connectivity index (χ0n) is 9.18. The van der Waals surface area contributed by atoms with Gasteiger partial charge >= 0.3 is 0 Å². The number of hydrogen-bond acceptors (Lipinski definition) is 1. The van der Waals surface area contributed by atoms with E-state index >= 15 is 0 Å². The van der Waals surface area contributed by atoms with E-state index < -0.39 is 0 Å². The summed E-state index contributed by atoms with van der Waals surface area (Å²) in [6, 6.07) is 0. The molecule has 80 valence electrons. The van der Waals surface area contributed by atoms with Crippen LogP contribution in [0.1, 0.15) is 46.5 Å². The van der Waals surface area contributed by atoms with Gasteiger partial charge < -0.3 is 5.73 Å². The van der Waals surface area contributed by atoms with E-state index in [1.54, 1.807) is 0 Å². The molecule has 13 heavy (non-hydrogen) atoms. The smallest absolute Gasteiger partial charge is 0.00460 e. The number of hydrogen-bond donors (Lipinski definition) is 1. The molecule has 0 spiro atoms. The molecule has 2 unspecified atom stereocenters. The standard InChI is InChI=1S/C11H23N.ClH/c1-11(2,3)10-7-5-4-6-9(10)8-12;/h9-10H,4-8,12H2,1-3H3;1H. The van der Waals surface area contributed by atoms with Crippen LogP contribution in [0.2, 0.25) is 0 Å². The van der Waals surface area contributed by atoms with Crippen LogP contribution in [0.3, 0.4) is 0 Å². The molecule has 0 saturated heterocycles. The molecule has 1 aliphatic carbocycles. The van der Waals surface area contributed by atoms with Crippen molar-refractivity contribution in [3.63, 3.8) is 0 Å². The van der Waals surface area contributed by atoms with E-state index in [4.69, 9.17) is 5.73 Å². The molecule has 1 nitrogen and oxygen atoms in total. The van der Waals surface area contributed by atoms with Crippen molar-refractivity contribution in [3.05, 3.63) is 0 Å². The molecule has 1 saturated carbocycles. The number of rotatable bonds is 1. The molecular weight excluding hydrogens is 182 g/mol. The van der Waals surface area contributed by atoms with Gasteiger partial charge in [0.05, 0.1) is 0 Å². The fraction of sp³-hybridized carbons (Fsp3) is 1.00. The zero-order chi connectivity index (χ0) is 9.19. The highest BCUT2D eigenvalue weighted by Gasteiger charge is 2.32. The van der Waals surface area contributed by atoms with Gasteiger partial charge in [0.2, 0.25) is 0 Å². The van der Waals surface area contributed by atoms with Crippen molar-refractivity contribution >= 4 is 12.4 Å². The van der Waals surface area contributed by atoms with Crippen LogP contribution in [-0.2, 0) is 0 Å². The molecular formula is C11H24ClN. The molecule has 2 atom stereocenters. The van der Waals surface area contributed by atoms with Crippen molar-refractivity contribution in [3.8, 4) is 0 Å². The lowest BCUT2D eigenvalue weighted by Crippen LogP contribution is -2.35. The van der Waals surface area contributed by atoms with Crippen LogP contribution in [0, 0.1) is 17.3 Å². The first-order valence-electron chi connectivity index (χ1n) is 5.26. The number of nitrogens with two attached hydrogens (primary N) is 1. The predicted molar refractivity (Wildman–Crippen MR) is 61.2 cm³/mol. The Morgan fingerprint density at radius 1 is 1.15 bits per heavy atom. The highest BCUT2D eigenvalue weighted by molar-refractivity contribution is 5.85. The molecule has 2 N–H and O–H groups in total. The molecule has 0 heterocycles. The Kier molecular flexibility index (Phi) is 5.31. The van der Waals surface area contributed by atoms with Crippen LogP contribution in [0.15, 0.2) is 0 Å². The van der Waals surface area contributed by atoms with Crippen molar-refractivity contribution in [2.75, 3.05) is 6.54 Å². The lowest BCUT2D eigenvalue weighted by Gasteiger charge is -2.40. The zero-order valence-corrected chi connectivity index (χ0v) is 9.99. The Morgan fingerprint density at radius 2 is 1.69 bits per heavy atom. The summed E-state index contributed by atoms with van der Waals surface area (Å²) in [5.74, 6) is 1.65. The SMILES string of the molecule is CC(C)(C)C1CCCCC1CN.Cl. The second-order valence-corrected chi connectivity index (χ2v) is 5.25. The molecule has 0 aromatic carbocycles. The summed E-state index contributed by atoms with van der Waals surface area (Å²) >= 11 is 0. The first-order chi connectivity index (χ1) is 5.55. The van der Waals surface area contributed by atoms with Crippen LogP contribution in [-0.4, -0.2) is 6.54 Å². The molecule has 0 amide bonds. The first kappa shape index (κ1) is 13.2. The maximum atomic E-state index is 5.79. The van der Waals surface area contributed by atoms with Gasteiger partial charge in [0.15, 0.2) is 0 Å². The highest BCUT2D eigenvalue weighted by atomic mass is 35.5. The minimum Gasteiger partial charge on any atom is -0.330 e. The van der Waals surface area contributed by atoms with Gasteiger partial charge in [0.25, 0.3) is 0 Å². The Morgan fingerprint density at radius 3 is 2.08 bits per heavy atom. The van der Waals surface area contributed by atoms with Gasteiger partial charge in [-0.1, -0.05) is 33.6 Å². The van der Waals surface area contributed by atoms with Crippen LogP contribution in [0.5, 0.6) is 0 Å². The van der Waals surface area contributed by atoms with Crippen LogP contribution >= 0.6 is 12.4 Å². The predicted octanol–water partition coefficient (Wildman–Crippen LogP) is 3.22. The third-order valence-electron chi connectivity index (χ3n) is 3.32. The van der Waals surface area contributed by atoms with E-state index in [1.165, 1.54) is 25.7 Å². The fourth-order valence-corrected chi connectivity index (χ4v) is 2.63. The molecule has 0 aromatic heterocycles. The van der Waals surface area contributed by atoms with Crippen molar-refractivity contribution in [1.82, 2.24) is 0 Å². The lowest BCUT2D eigenvalue weighted by atomic mass is 9.66. The minimum atomic E-state index is 0. The fourth-order valence-electron chi connectivity index (χ4n) is 2.63. The van der Waals surface area contributed by atoms with Crippen molar-refractivity contribution < 1.29 is 0 Å². The Bertz CT molecular complexity index is 140. The molecule has 2 heteroatoms. The number of halogens is 1. The molecule has 0 bridgehead atoms. The maximum Gasteiger partial charge on any atom is -0.00460 e. The summed E-state index contributed by atoms with van der Waals surface area (Å²) in [5.41, 5.74) is 6.25. The Labute approximate surface area is 88.9 Å². The summed E-state index contributed by atoms with van der Waals surface area (Å²) in [7, 11) is 0. The highest BCUT2D eigenvalue weighted by Crippen LogP contribution is 2.41. The van der Waals surface area contributed by atoms with E-state index in [0.29, 0.717) is 5.41 Å². The topological polar surface area (TPSA) is 26.0 Å². The second-order valence-electron chi connectivity index (χ2n) is 5.25. The van der Waals surface area contributed by atoms with Crippen molar-refractivity contribution in [1.29, 1.82) is 0 Å². The quantitative estimate of drug-likeness (QED) is 0.699. The summed E-state index contributed by atoms with van der Waals surface area (Å²) < 4.78 is 0. The average molecular weight is 206 g/mol.